The van der Waals surface area contributed by atoms with Gasteiger partial charge < -0.3 is 10.8 Å². The Morgan fingerprint density at radius 2 is 2.31 bits per heavy atom. The normalized spacial score (nSPS) is 10.2. The van der Waals surface area contributed by atoms with Gasteiger partial charge in [0.2, 0.25) is 5.95 Å². The van der Waals surface area contributed by atoms with E-state index in [1.54, 1.807) is 22.9 Å². The highest BCUT2D eigenvalue weighted by atomic mass is 16.4. The van der Waals surface area contributed by atoms with E-state index < -0.39 is 5.97 Å². The number of hydrogen-bond acceptors (Lipinski definition) is 4. The highest BCUT2D eigenvalue weighted by Gasteiger charge is 2.04. The predicted octanol–water partition coefficient (Wildman–Crippen LogP) is 0.607. The summed E-state index contributed by atoms with van der Waals surface area (Å²) < 4.78 is 1.55. The molecule has 0 aliphatic rings. The van der Waals surface area contributed by atoms with E-state index in [0.717, 1.165) is 5.56 Å². The van der Waals surface area contributed by atoms with Crippen LogP contribution in [0.25, 0.3) is 0 Å². The molecule has 0 bridgehead atoms. The van der Waals surface area contributed by atoms with E-state index in [-0.39, 0.29) is 11.5 Å². The molecule has 1 aromatic carbocycles. The number of nitrogens with zero attached hydrogens (tertiary/aromatic N) is 3. The zero-order valence-electron chi connectivity index (χ0n) is 8.37. The molecule has 0 saturated heterocycles. The Bertz CT molecular complexity index is 521. The molecule has 0 fully saturated rings. The number of carboxylic acid groups (broad SMARTS) is 1. The van der Waals surface area contributed by atoms with Gasteiger partial charge in [0, 0.05) is 0 Å². The summed E-state index contributed by atoms with van der Waals surface area (Å²) in [5, 5.41) is 12.7. The molecule has 2 aromatic rings. The lowest BCUT2D eigenvalue weighted by atomic mass is 10.1. The molecule has 0 radical (unpaired) electrons. The number of rotatable bonds is 3. The summed E-state index contributed by atoms with van der Waals surface area (Å²) in [5.74, 6) is -0.741. The van der Waals surface area contributed by atoms with Crippen LogP contribution in [0.5, 0.6) is 0 Å². The summed E-state index contributed by atoms with van der Waals surface area (Å²) in [6, 6.07) is 6.66. The molecule has 0 amide bonds. The van der Waals surface area contributed by atoms with Crippen molar-refractivity contribution in [2.24, 2.45) is 0 Å². The van der Waals surface area contributed by atoms with Crippen LogP contribution in [0.4, 0.5) is 5.95 Å². The third-order valence-corrected chi connectivity index (χ3v) is 2.07. The number of carboxylic acids is 1. The predicted molar refractivity (Wildman–Crippen MR) is 56.9 cm³/mol. The SMILES string of the molecule is Nc1ncn(Cc2cccc(C(=O)O)c2)n1. The first-order chi connectivity index (χ1) is 7.65. The van der Waals surface area contributed by atoms with Gasteiger partial charge in [-0.1, -0.05) is 12.1 Å². The molecular weight excluding hydrogens is 208 g/mol. The van der Waals surface area contributed by atoms with E-state index >= 15 is 0 Å². The molecule has 0 atom stereocenters. The topological polar surface area (TPSA) is 94.0 Å². The Labute approximate surface area is 91.3 Å². The molecule has 6 heteroatoms. The van der Waals surface area contributed by atoms with Crippen molar-refractivity contribution in [3.63, 3.8) is 0 Å². The summed E-state index contributed by atoms with van der Waals surface area (Å²) in [6.07, 6.45) is 1.50. The summed E-state index contributed by atoms with van der Waals surface area (Å²) >= 11 is 0. The lowest BCUT2D eigenvalue weighted by molar-refractivity contribution is 0.0696. The molecule has 0 spiro atoms. The van der Waals surface area contributed by atoms with Crippen LogP contribution in [0.15, 0.2) is 30.6 Å². The van der Waals surface area contributed by atoms with Crippen LogP contribution in [-0.4, -0.2) is 25.8 Å². The van der Waals surface area contributed by atoms with Gasteiger partial charge in [0.1, 0.15) is 6.33 Å². The molecule has 1 aromatic heterocycles. The number of anilines is 1. The average Bonchev–Trinajstić information content (AvgIpc) is 2.64. The van der Waals surface area contributed by atoms with E-state index in [0.29, 0.717) is 6.54 Å². The van der Waals surface area contributed by atoms with Crippen molar-refractivity contribution in [1.29, 1.82) is 0 Å². The highest BCUT2D eigenvalue weighted by Crippen LogP contribution is 2.07. The van der Waals surface area contributed by atoms with Crippen LogP contribution in [0.1, 0.15) is 15.9 Å². The van der Waals surface area contributed by atoms with E-state index in [9.17, 15) is 4.79 Å². The monoisotopic (exact) mass is 218 g/mol. The van der Waals surface area contributed by atoms with Crippen LogP contribution in [-0.2, 0) is 6.54 Å². The highest BCUT2D eigenvalue weighted by molar-refractivity contribution is 5.87. The van der Waals surface area contributed by atoms with Crippen molar-refractivity contribution in [3.8, 4) is 0 Å². The number of nitrogen functional groups attached to an aromatic ring is 1. The first-order valence-electron chi connectivity index (χ1n) is 4.62. The maximum atomic E-state index is 10.8. The lowest BCUT2D eigenvalue weighted by Crippen LogP contribution is -2.03. The molecule has 0 aliphatic carbocycles. The first kappa shape index (κ1) is 10.2. The van der Waals surface area contributed by atoms with Gasteiger partial charge in [0.05, 0.1) is 12.1 Å². The molecule has 0 aliphatic heterocycles. The van der Waals surface area contributed by atoms with Gasteiger partial charge in [-0.2, -0.15) is 0 Å². The van der Waals surface area contributed by atoms with Crippen molar-refractivity contribution >= 4 is 11.9 Å². The van der Waals surface area contributed by atoms with E-state index in [1.807, 2.05) is 6.07 Å². The van der Waals surface area contributed by atoms with E-state index in [1.165, 1.54) is 6.33 Å². The van der Waals surface area contributed by atoms with Crippen molar-refractivity contribution in [1.82, 2.24) is 14.8 Å². The van der Waals surface area contributed by atoms with Crippen LogP contribution in [0, 0.1) is 0 Å². The molecule has 82 valence electrons. The van der Waals surface area contributed by atoms with Crippen molar-refractivity contribution < 1.29 is 9.90 Å². The number of nitrogens with two attached hydrogens (primary N) is 1. The Morgan fingerprint density at radius 1 is 1.50 bits per heavy atom. The zero-order chi connectivity index (χ0) is 11.5. The summed E-state index contributed by atoms with van der Waals surface area (Å²) in [4.78, 5) is 14.5. The van der Waals surface area contributed by atoms with Crippen LogP contribution in [0.3, 0.4) is 0 Å². The summed E-state index contributed by atoms with van der Waals surface area (Å²) in [5.41, 5.74) is 6.47. The van der Waals surface area contributed by atoms with Crippen LogP contribution >= 0.6 is 0 Å². The Morgan fingerprint density at radius 3 is 2.94 bits per heavy atom. The number of aromatic nitrogens is 3. The largest absolute Gasteiger partial charge is 0.478 e. The van der Waals surface area contributed by atoms with Gasteiger partial charge in [0.25, 0.3) is 0 Å². The molecule has 1 heterocycles. The Balaban J connectivity index is 2.21. The molecule has 6 nitrogen and oxygen atoms in total. The molecule has 2 rings (SSSR count). The second-order valence-electron chi connectivity index (χ2n) is 3.31. The molecular formula is C10H10N4O2. The number of aromatic carboxylic acids is 1. The lowest BCUT2D eigenvalue weighted by Gasteiger charge is -2.02. The van der Waals surface area contributed by atoms with Crippen molar-refractivity contribution in [2.75, 3.05) is 5.73 Å². The van der Waals surface area contributed by atoms with Gasteiger partial charge in [0.15, 0.2) is 0 Å². The fourth-order valence-corrected chi connectivity index (χ4v) is 1.37. The van der Waals surface area contributed by atoms with Crippen LogP contribution in [0.2, 0.25) is 0 Å². The third kappa shape index (κ3) is 2.17. The van der Waals surface area contributed by atoms with Crippen molar-refractivity contribution in [2.45, 2.75) is 6.54 Å². The second-order valence-corrected chi connectivity index (χ2v) is 3.31. The quantitative estimate of drug-likeness (QED) is 0.787. The number of hydrogen-bond donors (Lipinski definition) is 2. The van der Waals surface area contributed by atoms with Gasteiger partial charge >= 0.3 is 5.97 Å². The maximum Gasteiger partial charge on any atom is 0.335 e. The van der Waals surface area contributed by atoms with Gasteiger partial charge in [-0.05, 0) is 17.7 Å². The smallest absolute Gasteiger partial charge is 0.335 e. The fourth-order valence-electron chi connectivity index (χ4n) is 1.37. The standard InChI is InChI=1S/C10H10N4O2/c11-10-12-6-14(13-10)5-7-2-1-3-8(4-7)9(15)16/h1-4,6H,5H2,(H2,11,13)(H,15,16). The summed E-state index contributed by atoms with van der Waals surface area (Å²) in [7, 11) is 0. The molecule has 0 unspecified atom stereocenters. The molecule has 16 heavy (non-hydrogen) atoms. The summed E-state index contributed by atoms with van der Waals surface area (Å²) in [6.45, 7) is 0.450. The van der Waals surface area contributed by atoms with Gasteiger partial charge in [-0.3, -0.25) is 0 Å². The van der Waals surface area contributed by atoms with Gasteiger partial charge in [-0.15, -0.1) is 5.10 Å². The van der Waals surface area contributed by atoms with Gasteiger partial charge in [-0.25, -0.2) is 14.5 Å². The first-order valence-corrected chi connectivity index (χ1v) is 4.62. The average molecular weight is 218 g/mol. The zero-order valence-corrected chi connectivity index (χ0v) is 8.37. The van der Waals surface area contributed by atoms with Crippen LogP contribution < -0.4 is 5.73 Å². The minimum absolute atomic E-state index is 0.203. The maximum absolute atomic E-state index is 10.8. The number of benzene rings is 1. The minimum atomic E-state index is -0.944. The second kappa shape index (κ2) is 4.01. The Kier molecular flexibility index (Phi) is 2.55. The third-order valence-electron chi connectivity index (χ3n) is 2.07. The molecule has 0 saturated carbocycles. The minimum Gasteiger partial charge on any atom is -0.478 e. The van der Waals surface area contributed by atoms with E-state index in [4.69, 9.17) is 10.8 Å². The number of carbonyl (C=O) groups is 1. The van der Waals surface area contributed by atoms with Crippen molar-refractivity contribution in [3.05, 3.63) is 41.7 Å². The molecule has 3 N–H and O–H groups in total. The Hall–Kier alpha value is -2.37. The fraction of sp³-hybridized carbons (Fsp3) is 0.100. The van der Waals surface area contributed by atoms with E-state index in [2.05, 4.69) is 10.1 Å².